The second-order valence-corrected chi connectivity index (χ2v) is 11.6. The minimum Gasteiger partial charge on any atom is -0.406 e. The van der Waals surface area contributed by atoms with Crippen molar-refractivity contribution in [2.24, 2.45) is 0 Å². The third-order valence-electron chi connectivity index (χ3n) is 7.29. The van der Waals surface area contributed by atoms with Crippen molar-refractivity contribution in [3.05, 3.63) is 83.9 Å². The maximum absolute atomic E-state index is 13.3. The normalized spacial score (nSPS) is 21.8. The highest BCUT2D eigenvalue weighted by atomic mass is 32.2. The summed E-state index contributed by atoms with van der Waals surface area (Å²) in [5.41, 5.74) is 4.04. The molecule has 1 saturated heterocycles. The number of anilines is 2. The molecule has 214 valence electrons. The van der Waals surface area contributed by atoms with Crippen molar-refractivity contribution in [1.29, 1.82) is 0 Å². The SMILES string of the molecule is O=S(=O)(N[C@@H]1CN(CCO)C[C@H](N2c3ccccc3CCc3ccccc32)[C@H]1O)c1ccc(OC(F)(F)F)cc1. The standard InChI is InChI=1S/C28H30F3N3O5S/c29-28(30,31)39-21-11-13-22(14-12-21)40(37,38)32-23-17-33(15-16-35)18-26(27(23)36)34-24-7-3-1-5-19(24)9-10-20-6-2-4-8-25(20)34/h1-8,11-14,23,26-27,32,35-36H,9-10,15-18H2/t23-,26+,27+/m1/s1. The van der Waals surface area contributed by atoms with Crippen LogP contribution in [-0.2, 0) is 22.9 Å². The molecule has 2 aliphatic rings. The molecule has 3 aromatic carbocycles. The number of para-hydroxylation sites is 2. The summed E-state index contributed by atoms with van der Waals surface area (Å²) >= 11 is 0. The van der Waals surface area contributed by atoms with Gasteiger partial charge in [0.2, 0.25) is 10.0 Å². The fourth-order valence-electron chi connectivity index (χ4n) is 5.53. The van der Waals surface area contributed by atoms with Crippen molar-refractivity contribution < 1.29 is 36.5 Å². The van der Waals surface area contributed by atoms with E-state index in [-0.39, 0.29) is 24.6 Å². The van der Waals surface area contributed by atoms with E-state index in [1.165, 1.54) is 0 Å². The number of nitrogens with zero attached hydrogens (tertiary/aromatic N) is 2. The molecule has 3 atom stereocenters. The van der Waals surface area contributed by atoms with Crippen LogP contribution >= 0.6 is 0 Å². The van der Waals surface area contributed by atoms with E-state index in [0.29, 0.717) is 6.54 Å². The molecule has 0 unspecified atom stereocenters. The van der Waals surface area contributed by atoms with Crippen molar-refractivity contribution >= 4 is 21.4 Å². The highest BCUT2D eigenvalue weighted by Crippen LogP contribution is 2.39. The second-order valence-electron chi connectivity index (χ2n) is 9.92. The Bertz CT molecular complexity index is 1390. The molecule has 0 saturated carbocycles. The number of fused-ring (bicyclic) bond motifs is 2. The molecular weight excluding hydrogens is 547 g/mol. The van der Waals surface area contributed by atoms with Crippen molar-refractivity contribution in [3.8, 4) is 5.75 Å². The zero-order valence-electron chi connectivity index (χ0n) is 21.5. The third-order valence-corrected chi connectivity index (χ3v) is 8.80. The molecule has 3 N–H and O–H groups in total. The number of benzene rings is 3. The average Bonchev–Trinajstić information content (AvgIpc) is 3.07. The lowest BCUT2D eigenvalue weighted by Crippen LogP contribution is -2.65. The Labute approximate surface area is 230 Å². The summed E-state index contributed by atoms with van der Waals surface area (Å²) < 4.78 is 70.5. The molecule has 0 spiro atoms. The smallest absolute Gasteiger partial charge is 0.406 e. The Morgan fingerprint density at radius 1 is 0.900 bits per heavy atom. The van der Waals surface area contributed by atoms with Crippen LogP contribution in [0.1, 0.15) is 11.1 Å². The van der Waals surface area contributed by atoms with Crippen LogP contribution in [0.2, 0.25) is 0 Å². The molecule has 2 aliphatic heterocycles. The van der Waals surface area contributed by atoms with Gasteiger partial charge in [0.25, 0.3) is 0 Å². The number of hydrogen-bond donors (Lipinski definition) is 3. The highest BCUT2D eigenvalue weighted by molar-refractivity contribution is 7.89. The summed E-state index contributed by atoms with van der Waals surface area (Å²) in [5, 5.41) is 21.4. The van der Waals surface area contributed by atoms with E-state index < -0.39 is 40.3 Å². The predicted octanol–water partition coefficient (Wildman–Crippen LogP) is 3.21. The summed E-state index contributed by atoms with van der Waals surface area (Å²) in [5.74, 6) is -0.545. The van der Waals surface area contributed by atoms with E-state index in [1.54, 1.807) is 0 Å². The molecule has 0 amide bonds. The van der Waals surface area contributed by atoms with Crippen molar-refractivity contribution in [2.45, 2.75) is 42.3 Å². The molecule has 3 aromatic rings. The summed E-state index contributed by atoms with van der Waals surface area (Å²) in [4.78, 5) is 3.69. The third kappa shape index (κ3) is 6.11. The molecule has 2 heterocycles. The number of rotatable bonds is 7. The molecule has 0 bridgehead atoms. The van der Waals surface area contributed by atoms with Gasteiger partial charge in [0.05, 0.1) is 29.7 Å². The minimum atomic E-state index is -4.90. The number of aliphatic hydroxyl groups excluding tert-OH is 2. The fraction of sp³-hybridized carbons (Fsp3) is 0.357. The van der Waals surface area contributed by atoms with Gasteiger partial charge in [-0.1, -0.05) is 36.4 Å². The predicted molar refractivity (Wildman–Crippen MR) is 143 cm³/mol. The van der Waals surface area contributed by atoms with Gasteiger partial charge in [-0.3, -0.25) is 4.90 Å². The number of likely N-dealkylation sites (tertiary alicyclic amines) is 1. The lowest BCUT2D eigenvalue weighted by molar-refractivity contribution is -0.274. The fourth-order valence-corrected chi connectivity index (χ4v) is 6.77. The number of aryl methyl sites for hydroxylation is 2. The van der Waals surface area contributed by atoms with Gasteiger partial charge in [0.1, 0.15) is 5.75 Å². The largest absolute Gasteiger partial charge is 0.573 e. The van der Waals surface area contributed by atoms with Crippen molar-refractivity contribution in [2.75, 3.05) is 31.1 Å². The number of aliphatic hydroxyl groups is 2. The van der Waals surface area contributed by atoms with Crippen LogP contribution in [0, 0.1) is 0 Å². The Morgan fingerprint density at radius 3 is 2.02 bits per heavy atom. The van der Waals surface area contributed by atoms with Gasteiger partial charge >= 0.3 is 6.36 Å². The van der Waals surface area contributed by atoms with E-state index in [1.807, 2.05) is 53.4 Å². The first kappa shape index (κ1) is 28.4. The highest BCUT2D eigenvalue weighted by Gasteiger charge is 2.42. The van der Waals surface area contributed by atoms with E-state index in [9.17, 15) is 31.8 Å². The van der Waals surface area contributed by atoms with Crippen molar-refractivity contribution in [3.63, 3.8) is 0 Å². The van der Waals surface area contributed by atoms with E-state index in [0.717, 1.165) is 59.6 Å². The van der Waals surface area contributed by atoms with Gasteiger partial charge in [-0.25, -0.2) is 13.1 Å². The van der Waals surface area contributed by atoms with Gasteiger partial charge in [0.15, 0.2) is 0 Å². The molecule has 12 heteroatoms. The van der Waals surface area contributed by atoms with E-state index in [2.05, 4.69) is 14.4 Å². The summed E-state index contributed by atoms with van der Waals surface area (Å²) in [6.45, 7) is 0.605. The molecule has 5 rings (SSSR count). The number of ether oxygens (including phenoxy) is 1. The molecule has 8 nitrogen and oxygen atoms in total. The van der Waals surface area contributed by atoms with Crippen LogP contribution in [0.4, 0.5) is 24.5 Å². The Morgan fingerprint density at radius 2 is 1.48 bits per heavy atom. The first-order chi connectivity index (χ1) is 19.1. The lowest BCUT2D eigenvalue weighted by Gasteiger charge is -2.47. The Hall–Kier alpha value is -3.16. The van der Waals surface area contributed by atoms with Gasteiger partial charge < -0.3 is 19.8 Å². The van der Waals surface area contributed by atoms with Gasteiger partial charge in [0, 0.05) is 31.0 Å². The molecule has 1 fully saturated rings. The number of alkyl halides is 3. The summed E-state index contributed by atoms with van der Waals surface area (Å²) in [6, 6.07) is 18.2. The van der Waals surface area contributed by atoms with Gasteiger partial charge in [-0.2, -0.15) is 0 Å². The van der Waals surface area contributed by atoms with Gasteiger partial charge in [-0.05, 0) is 60.4 Å². The van der Waals surface area contributed by atoms with Crippen molar-refractivity contribution in [1.82, 2.24) is 9.62 Å². The number of halogens is 3. The van der Waals surface area contributed by atoms with Crippen LogP contribution in [0.15, 0.2) is 77.7 Å². The maximum Gasteiger partial charge on any atom is 0.573 e. The number of piperidine rings is 1. The first-order valence-electron chi connectivity index (χ1n) is 12.9. The lowest BCUT2D eigenvalue weighted by atomic mass is 9.94. The van der Waals surface area contributed by atoms with E-state index >= 15 is 0 Å². The number of nitrogens with one attached hydrogen (secondary N) is 1. The minimum absolute atomic E-state index is 0.129. The zero-order valence-corrected chi connectivity index (χ0v) is 22.3. The van der Waals surface area contributed by atoms with Gasteiger partial charge in [-0.15, -0.1) is 13.2 Å². The van der Waals surface area contributed by atoms with Crippen LogP contribution in [-0.4, -0.2) is 74.3 Å². The maximum atomic E-state index is 13.3. The zero-order chi connectivity index (χ0) is 28.5. The monoisotopic (exact) mass is 577 g/mol. The molecule has 0 radical (unpaired) electrons. The van der Waals surface area contributed by atoms with Crippen LogP contribution < -0.4 is 14.4 Å². The summed E-state index contributed by atoms with van der Waals surface area (Å²) in [6.07, 6.45) is -4.45. The molecular formula is C28H30F3N3O5S. The molecule has 40 heavy (non-hydrogen) atoms. The van der Waals surface area contributed by atoms with Crippen LogP contribution in [0.25, 0.3) is 0 Å². The Balaban J connectivity index is 1.47. The van der Waals surface area contributed by atoms with Crippen LogP contribution in [0.5, 0.6) is 5.75 Å². The quantitative estimate of drug-likeness (QED) is 0.397. The van der Waals surface area contributed by atoms with Crippen LogP contribution in [0.3, 0.4) is 0 Å². The second kappa shape index (κ2) is 11.4. The Kier molecular flexibility index (Phi) is 8.07. The first-order valence-corrected chi connectivity index (χ1v) is 14.4. The van der Waals surface area contributed by atoms with E-state index in [4.69, 9.17) is 0 Å². The summed E-state index contributed by atoms with van der Waals surface area (Å²) in [7, 11) is -4.23. The number of sulfonamides is 1. The number of β-amino-alcohol motifs (C(OH)–C–C–N with tert-alkyl or cyclic N) is 1. The molecule has 0 aromatic heterocycles. The topological polar surface area (TPSA) is 102 Å². The average molecular weight is 578 g/mol. The molecule has 0 aliphatic carbocycles. The number of hydrogen-bond acceptors (Lipinski definition) is 7.